The predicted octanol–water partition coefficient (Wildman–Crippen LogP) is 2.51. The molecule has 1 aromatic rings. The predicted molar refractivity (Wildman–Crippen MR) is 48.9 cm³/mol. The minimum absolute atomic E-state index is 0.282. The molecule has 0 atom stereocenters. The lowest BCUT2D eigenvalue weighted by Crippen LogP contribution is -2.07. The molecule has 1 rings (SSSR count). The van der Waals surface area contributed by atoms with Gasteiger partial charge in [0.15, 0.2) is 0 Å². The molecular weight excluding hydrogens is 177 g/mol. The number of nitrogens with one attached hydrogen (secondary N) is 1. The summed E-state index contributed by atoms with van der Waals surface area (Å²) in [4.78, 5) is 0. The quantitative estimate of drug-likeness (QED) is 0.750. The van der Waals surface area contributed by atoms with E-state index in [1.54, 1.807) is 0 Å². The van der Waals surface area contributed by atoms with Crippen molar-refractivity contribution in [3.05, 3.63) is 34.1 Å². The van der Waals surface area contributed by atoms with Crippen LogP contribution >= 0.6 is 11.6 Å². The second-order valence-electron chi connectivity index (χ2n) is 2.70. The second kappa shape index (κ2) is 3.87. The van der Waals surface area contributed by atoms with Crippen LogP contribution in [0.4, 0.5) is 4.39 Å². The lowest BCUT2D eigenvalue weighted by molar-refractivity contribution is 0.623. The molecule has 0 aliphatic heterocycles. The molecule has 66 valence electrons. The summed E-state index contributed by atoms with van der Waals surface area (Å²) in [5, 5.41) is 3.44. The maximum absolute atomic E-state index is 12.8. The van der Waals surface area contributed by atoms with Gasteiger partial charge in [-0.15, -0.1) is 0 Å². The number of halogens is 2. The van der Waals surface area contributed by atoms with Gasteiger partial charge in [0.05, 0.1) is 0 Å². The Morgan fingerprint density at radius 2 is 2.17 bits per heavy atom. The summed E-state index contributed by atoms with van der Waals surface area (Å²) in [6.45, 7) is 2.53. The van der Waals surface area contributed by atoms with Crippen LogP contribution in [0.2, 0.25) is 5.02 Å². The molecule has 0 saturated carbocycles. The highest BCUT2D eigenvalue weighted by molar-refractivity contribution is 6.31. The fourth-order valence-electron chi connectivity index (χ4n) is 1.07. The first-order valence-electron chi connectivity index (χ1n) is 3.74. The molecule has 0 bridgehead atoms. The van der Waals surface area contributed by atoms with Crippen molar-refractivity contribution in [1.82, 2.24) is 5.32 Å². The molecule has 0 aromatic heterocycles. The molecule has 0 fully saturated rings. The number of rotatable bonds is 2. The molecule has 1 N–H and O–H groups in total. The molecular formula is C9H11ClFN. The molecule has 0 radical (unpaired) electrons. The van der Waals surface area contributed by atoms with Crippen molar-refractivity contribution in [2.75, 3.05) is 7.05 Å². The van der Waals surface area contributed by atoms with E-state index in [1.807, 2.05) is 14.0 Å². The van der Waals surface area contributed by atoms with E-state index >= 15 is 0 Å². The van der Waals surface area contributed by atoms with E-state index in [1.165, 1.54) is 12.1 Å². The molecule has 1 nitrogen and oxygen atoms in total. The molecule has 0 unspecified atom stereocenters. The van der Waals surface area contributed by atoms with Crippen molar-refractivity contribution < 1.29 is 4.39 Å². The van der Waals surface area contributed by atoms with Gasteiger partial charge in [-0.05, 0) is 37.2 Å². The van der Waals surface area contributed by atoms with Gasteiger partial charge < -0.3 is 5.32 Å². The van der Waals surface area contributed by atoms with Crippen molar-refractivity contribution in [2.24, 2.45) is 0 Å². The Bertz CT molecular complexity index is 286. The van der Waals surface area contributed by atoms with Crippen LogP contribution in [0.25, 0.3) is 0 Å². The van der Waals surface area contributed by atoms with Crippen LogP contribution < -0.4 is 5.32 Å². The van der Waals surface area contributed by atoms with Gasteiger partial charge in [-0.2, -0.15) is 0 Å². The second-order valence-corrected chi connectivity index (χ2v) is 3.11. The van der Waals surface area contributed by atoms with Crippen LogP contribution in [0.15, 0.2) is 12.1 Å². The average molecular weight is 188 g/mol. The van der Waals surface area contributed by atoms with E-state index in [9.17, 15) is 4.39 Å². The molecule has 0 amide bonds. The average Bonchev–Trinajstić information content (AvgIpc) is 2.00. The Hall–Kier alpha value is -0.600. The van der Waals surface area contributed by atoms with Gasteiger partial charge in [-0.1, -0.05) is 11.6 Å². The molecule has 1 aromatic carbocycles. The smallest absolute Gasteiger partial charge is 0.125 e. The summed E-state index contributed by atoms with van der Waals surface area (Å²) >= 11 is 5.79. The fraction of sp³-hybridized carbons (Fsp3) is 0.333. The molecule has 0 spiro atoms. The zero-order valence-corrected chi connectivity index (χ0v) is 7.87. The maximum atomic E-state index is 12.8. The van der Waals surface area contributed by atoms with Gasteiger partial charge in [-0.25, -0.2) is 4.39 Å². The summed E-state index contributed by atoms with van der Waals surface area (Å²) in [6, 6.07) is 2.83. The van der Waals surface area contributed by atoms with Crippen LogP contribution in [0, 0.1) is 12.7 Å². The molecule has 0 heterocycles. The molecule has 0 aliphatic carbocycles. The largest absolute Gasteiger partial charge is 0.316 e. The Morgan fingerprint density at radius 1 is 1.50 bits per heavy atom. The van der Waals surface area contributed by atoms with Crippen LogP contribution in [0.5, 0.6) is 0 Å². The van der Waals surface area contributed by atoms with E-state index in [0.717, 1.165) is 11.1 Å². The van der Waals surface area contributed by atoms with Crippen molar-refractivity contribution in [3.63, 3.8) is 0 Å². The lowest BCUT2D eigenvalue weighted by Gasteiger charge is -2.06. The Morgan fingerprint density at radius 3 is 2.75 bits per heavy atom. The third kappa shape index (κ3) is 1.96. The van der Waals surface area contributed by atoms with E-state index in [0.29, 0.717) is 11.6 Å². The van der Waals surface area contributed by atoms with Gasteiger partial charge in [0.1, 0.15) is 5.82 Å². The molecule has 3 heteroatoms. The molecule has 0 saturated heterocycles. The maximum Gasteiger partial charge on any atom is 0.125 e. The Labute approximate surface area is 76.5 Å². The highest BCUT2D eigenvalue weighted by atomic mass is 35.5. The SMILES string of the molecule is CNCc1cc(F)cc(Cl)c1C. The lowest BCUT2D eigenvalue weighted by atomic mass is 10.1. The van der Waals surface area contributed by atoms with Gasteiger partial charge in [-0.3, -0.25) is 0 Å². The summed E-state index contributed by atoms with van der Waals surface area (Å²) in [7, 11) is 1.82. The van der Waals surface area contributed by atoms with Gasteiger partial charge in [0.25, 0.3) is 0 Å². The van der Waals surface area contributed by atoms with Crippen molar-refractivity contribution in [2.45, 2.75) is 13.5 Å². The third-order valence-electron chi connectivity index (χ3n) is 1.78. The Kier molecular flexibility index (Phi) is 3.06. The number of benzene rings is 1. The van der Waals surface area contributed by atoms with Gasteiger partial charge >= 0.3 is 0 Å². The highest BCUT2D eigenvalue weighted by Gasteiger charge is 2.04. The van der Waals surface area contributed by atoms with Crippen LogP contribution in [0.3, 0.4) is 0 Å². The van der Waals surface area contributed by atoms with Gasteiger partial charge in [0.2, 0.25) is 0 Å². The topological polar surface area (TPSA) is 12.0 Å². The summed E-state index contributed by atoms with van der Waals surface area (Å²) in [6.07, 6.45) is 0. The zero-order chi connectivity index (χ0) is 9.14. The normalized spacial score (nSPS) is 10.3. The summed E-state index contributed by atoms with van der Waals surface area (Å²) < 4.78 is 12.8. The van der Waals surface area contributed by atoms with Crippen LogP contribution in [-0.2, 0) is 6.54 Å². The summed E-state index contributed by atoms with van der Waals surface area (Å²) in [5.41, 5.74) is 1.84. The minimum atomic E-state index is -0.282. The minimum Gasteiger partial charge on any atom is -0.316 e. The molecule has 0 aliphatic rings. The van der Waals surface area contributed by atoms with Crippen molar-refractivity contribution in [1.29, 1.82) is 0 Å². The van der Waals surface area contributed by atoms with Gasteiger partial charge in [0, 0.05) is 11.6 Å². The fourth-order valence-corrected chi connectivity index (χ4v) is 1.30. The zero-order valence-electron chi connectivity index (χ0n) is 7.12. The van der Waals surface area contributed by atoms with E-state index in [4.69, 9.17) is 11.6 Å². The monoisotopic (exact) mass is 187 g/mol. The standard InChI is InChI=1S/C9H11ClFN/c1-6-7(5-12-2)3-8(11)4-9(6)10/h3-4,12H,5H2,1-2H3. The van der Waals surface area contributed by atoms with E-state index in [-0.39, 0.29) is 5.82 Å². The van der Waals surface area contributed by atoms with Crippen molar-refractivity contribution >= 4 is 11.6 Å². The van der Waals surface area contributed by atoms with E-state index < -0.39 is 0 Å². The number of hydrogen-bond donors (Lipinski definition) is 1. The van der Waals surface area contributed by atoms with Crippen LogP contribution in [0.1, 0.15) is 11.1 Å². The van der Waals surface area contributed by atoms with Crippen molar-refractivity contribution in [3.8, 4) is 0 Å². The number of hydrogen-bond acceptors (Lipinski definition) is 1. The van der Waals surface area contributed by atoms with Crippen LogP contribution in [-0.4, -0.2) is 7.05 Å². The first kappa shape index (κ1) is 9.49. The first-order chi connectivity index (χ1) is 5.65. The third-order valence-corrected chi connectivity index (χ3v) is 2.18. The molecule has 12 heavy (non-hydrogen) atoms. The summed E-state index contributed by atoms with van der Waals surface area (Å²) in [5.74, 6) is -0.282. The van der Waals surface area contributed by atoms with E-state index in [2.05, 4.69) is 5.32 Å². The first-order valence-corrected chi connectivity index (χ1v) is 4.12. The highest BCUT2D eigenvalue weighted by Crippen LogP contribution is 2.20. The Balaban J connectivity index is 3.09.